The Bertz CT molecular complexity index is 671. The lowest BCUT2D eigenvalue weighted by Crippen LogP contribution is -2.49. The molecule has 1 aromatic rings. The molecular formula is C13H8F7NO3S. The molecule has 0 unspecified atom stereocenters. The normalized spacial score (nSPS) is 13.1. The number of hydrogen-bond acceptors (Lipinski definition) is 3. The summed E-state index contributed by atoms with van der Waals surface area (Å²) in [5.74, 6) is -8.51. The van der Waals surface area contributed by atoms with Crippen molar-refractivity contribution in [3.05, 3.63) is 36.4 Å². The third-order valence-corrected chi connectivity index (χ3v) is 3.49. The number of hydrogen-bond donors (Lipinski definition) is 2. The highest BCUT2D eigenvalue weighted by atomic mass is 32.2. The summed E-state index contributed by atoms with van der Waals surface area (Å²) in [6.07, 6.45) is -5.24. The van der Waals surface area contributed by atoms with E-state index in [4.69, 9.17) is 5.11 Å². The van der Waals surface area contributed by atoms with Gasteiger partial charge in [-0.2, -0.15) is 30.7 Å². The van der Waals surface area contributed by atoms with E-state index >= 15 is 0 Å². The highest BCUT2D eigenvalue weighted by molar-refractivity contribution is 8.00. The minimum absolute atomic E-state index is 0.0183. The third kappa shape index (κ3) is 5.37. The van der Waals surface area contributed by atoms with Crippen molar-refractivity contribution in [3.63, 3.8) is 0 Å². The van der Waals surface area contributed by atoms with Crippen LogP contribution in [0.5, 0.6) is 0 Å². The van der Waals surface area contributed by atoms with E-state index < -0.39 is 45.9 Å². The summed E-state index contributed by atoms with van der Waals surface area (Å²) in [6, 6.07) is 3.52. The molecule has 2 N–H and O–H groups in total. The van der Waals surface area contributed by atoms with Gasteiger partial charge in [-0.05, 0) is 36.0 Å². The number of carboxylic acid groups (broad SMARTS) is 1. The number of rotatable bonds is 6. The van der Waals surface area contributed by atoms with Gasteiger partial charge >= 0.3 is 23.3 Å². The van der Waals surface area contributed by atoms with Crippen LogP contribution in [0.1, 0.15) is 0 Å². The second kappa shape index (κ2) is 7.33. The highest BCUT2D eigenvalue weighted by Gasteiger charge is 2.73. The van der Waals surface area contributed by atoms with E-state index in [2.05, 4.69) is 5.32 Å². The Labute approximate surface area is 139 Å². The molecule has 0 fully saturated rings. The number of halogens is 7. The van der Waals surface area contributed by atoms with Crippen LogP contribution in [-0.4, -0.2) is 34.3 Å². The van der Waals surface area contributed by atoms with E-state index in [1.54, 1.807) is 0 Å². The summed E-state index contributed by atoms with van der Waals surface area (Å²) in [4.78, 5) is 20.9. The first kappa shape index (κ1) is 20.8. The maximum Gasteiger partial charge on any atom is 0.460 e. The van der Waals surface area contributed by atoms with Crippen molar-refractivity contribution in [1.29, 1.82) is 0 Å². The van der Waals surface area contributed by atoms with E-state index in [1.165, 1.54) is 0 Å². The van der Waals surface area contributed by atoms with Gasteiger partial charge in [-0.25, -0.2) is 4.79 Å². The summed E-state index contributed by atoms with van der Waals surface area (Å²) in [6.45, 7) is 0. The molecule has 138 valence electrons. The van der Waals surface area contributed by atoms with E-state index in [0.717, 1.165) is 24.3 Å². The molecule has 0 saturated heterocycles. The zero-order chi connectivity index (χ0) is 19.5. The number of alkyl halides is 7. The summed E-state index contributed by atoms with van der Waals surface area (Å²) < 4.78 is 88.1. The van der Waals surface area contributed by atoms with Crippen LogP contribution in [0.15, 0.2) is 41.3 Å². The maximum absolute atomic E-state index is 13.2. The van der Waals surface area contributed by atoms with Crippen LogP contribution >= 0.6 is 11.8 Å². The minimum atomic E-state index is -6.42. The van der Waals surface area contributed by atoms with Crippen LogP contribution in [0, 0.1) is 0 Å². The minimum Gasteiger partial charge on any atom is -0.478 e. The van der Waals surface area contributed by atoms with Crippen molar-refractivity contribution in [2.45, 2.75) is 22.2 Å². The van der Waals surface area contributed by atoms with Crippen LogP contribution in [0.3, 0.4) is 0 Å². The average molecular weight is 391 g/mol. The van der Waals surface area contributed by atoms with E-state index in [-0.39, 0.29) is 5.69 Å². The first-order valence-corrected chi connectivity index (χ1v) is 6.91. The second-order valence-corrected chi connectivity index (χ2v) is 5.56. The summed E-state index contributed by atoms with van der Waals surface area (Å²) in [7, 11) is 0. The molecule has 1 aromatic carbocycles. The van der Waals surface area contributed by atoms with E-state index in [1.807, 2.05) is 0 Å². The quantitative estimate of drug-likeness (QED) is 0.435. The Balaban J connectivity index is 2.83. The predicted octanol–water partition coefficient (Wildman–Crippen LogP) is 4.15. The van der Waals surface area contributed by atoms with E-state index in [0.29, 0.717) is 12.2 Å². The van der Waals surface area contributed by atoms with Crippen molar-refractivity contribution in [3.8, 4) is 0 Å². The molecule has 0 aliphatic carbocycles. The molecule has 0 bridgehead atoms. The summed E-state index contributed by atoms with van der Waals surface area (Å²) >= 11 is -0.986. The Morgan fingerprint density at radius 1 is 0.960 bits per heavy atom. The molecule has 0 radical (unpaired) electrons. The average Bonchev–Trinajstić information content (AvgIpc) is 2.45. The molecule has 0 spiro atoms. The van der Waals surface area contributed by atoms with Gasteiger partial charge in [0, 0.05) is 22.7 Å². The molecule has 0 atom stereocenters. The van der Waals surface area contributed by atoms with Gasteiger partial charge in [0.15, 0.2) is 0 Å². The van der Waals surface area contributed by atoms with Crippen LogP contribution in [0.25, 0.3) is 0 Å². The van der Waals surface area contributed by atoms with Crippen molar-refractivity contribution in [1.82, 2.24) is 0 Å². The monoisotopic (exact) mass is 391 g/mol. The second-order valence-electron chi connectivity index (χ2n) is 4.38. The summed E-state index contributed by atoms with van der Waals surface area (Å²) in [5.41, 5.74) is -0.0183. The molecule has 4 nitrogen and oxygen atoms in total. The number of thioether (sulfide) groups is 1. The molecule has 0 heterocycles. The number of aliphatic carboxylic acids is 1. The zero-order valence-corrected chi connectivity index (χ0v) is 12.6. The largest absolute Gasteiger partial charge is 0.478 e. The first-order chi connectivity index (χ1) is 11.3. The number of benzene rings is 1. The molecule has 25 heavy (non-hydrogen) atoms. The Morgan fingerprint density at radius 3 is 1.92 bits per heavy atom. The fourth-order valence-electron chi connectivity index (χ4n) is 1.31. The van der Waals surface area contributed by atoms with Crippen LogP contribution in [-0.2, 0) is 9.59 Å². The van der Waals surface area contributed by atoms with Crippen LogP contribution in [0.2, 0.25) is 0 Å². The molecule has 1 amide bonds. The van der Waals surface area contributed by atoms with Crippen molar-refractivity contribution in [2.24, 2.45) is 0 Å². The van der Waals surface area contributed by atoms with Crippen molar-refractivity contribution >= 4 is 29.3 Å². The Kier molecular flexibility index (Phi) is 6.10. The van der Waals surface area contributed by atoms with Gasteiger partial charge in [-0.15, -0.1) is 0 Å². The molecule has 0 saturated carbocycles. The molecule has 12 heteroatoms. The van der Waals surface area contributed by atoms with Gasteiger partial charge in [0.1, 0.15) is 0 Å². The first-order valence-electron chi connectivity index (χ1n) is 6.10. The van der Waals surface area contributed by atoms with Crippen molar-refractivity contribution < 1.29 is 45.4 Å². The Morgan fingerprint density at radius 2 is 1.48 bits per heavy atom. The third-order valence-electron chi connectivity index (χ3n) is 2.47. The Hall–Kier alpha value is -2.24. The van der Waals surface area contributed by atoms with E-state index in [9.17, 15) is 40.3 Å². The lowest BCUT2D eigenvalue weighted by Gasteiger charge is -2.27. The number of anilines is 1. The summed E-state index contributed by atoms with van der Waals surface area (Å²) in [5, 5.41) is 5.00. The van der Waals surface area contributed by atoms with Gasteiger partial charge in [-0.3, -0.25) is 4.79 Å². The standard InChI is InChI=1S/C13H8F7NO3S/c14-11(15,12(16,17)18)13(19,20)25-8-3-1-7(2-4-8)21-9(22)5-6-10(23)24/h1-6H,(H,21,22)(H,23,24)/b6-5+. The SMILES string of the molecule is O=C(O)/C=C/C(=O)Nc1ccc(SC(F)(F)C(F)(F)C(F)(F)F)cc1. The number of carboxylic acids is 1. The van der Waals surface area contributed by atoms with Gasteiger partial charge in [0.25, 0.3) is 0 Å². The van der Waals surface area contributed by atoms with Crippen LogP contribution in [0.4, 0.5) is 36.4 Å². The molecular weight excluding hydrogens is 383 g/mol. The van der Waals surface area contributed by atoms with Gasteiger partial charge in [0.05, 0.1) is 0 Å². The fourth-order valence-corrected chi connectivity index (χ4v) is 2.13. The molecule has 0 aromatic heterocycles. The van der Waals surface area contributed by atoms with Gasteiger partial charge in [0.2, 0.25) is 5.91 Å². The molecule has 0 aliphatic rings. The molecule has 1 rings (SSSR count). The maximum atomic E-state index is 13.2. The number of carbonyl (C=O) groups is 2. The number of amides is 1. The topological polar surface area (TPSA) is 66.4 Å². The lowest BCUT2D eigenvalue weighted by atomic mass is 10.3. The highest BCUT2D eigenvalue weighted by Crippen LogP contribution is 2.53. The number of carbonyl (C=O) groups excluding carboxylic acids is 1. The predicted molar refractivity (Wildman–Crippen MR) is 73.7 cm³/mol. The fraction of sp³-hybridized carbons (Fsp3) is 0.231. The van der Waals surface area contributed by atoms with Crippen LogP contribution < -0.4 is 5.32 Å². The number of nitrogens with one attached hydrogen (secondary N) is 1. The molecule has 0 aliphatic heterocycles. The van der Waals surface area contributed by atoms with Gasteiger partial charge < -0.3 is 10.4 Å². The zero-order valence-electron chi connectivity index (χ0n) is 11.8. The smallest absolute Gasteiger partial charge is 0.460 e. The van der Waals surface area contributed by atoms with Gasteiger partial charge in [-0.1, -0.05) is 0 Å². The lowest BCUT2D eigenvalue weighted by molar-refractivity contribution is -0.330. The van der Waals surface area contributed by atoms with Crippen molar-refractivity contribution in [2.75, 3.05) is 5.32 Å².